The molecule has 1 aromatic heterocycles. The third-order valence-corrected chi connectivity index (χ3v) is 3.69. The van der Waals surface area contributed by atoms with Gasteiger partial charge < -0.3 is 15.8 Å². The van der Waals surface area contributed by atoms with E-state index < -0.39 is 0 Å². The molecule has 0 unspecified atom stereocenters. The summed E-state index contributed by atoms with van der Waals surface area (Å²) in [7, 11) is 1.77. The average Bonchev–Trinajstić information content (AvgIpc) is 2.75. The van der Waals surface area contributed by atoms with Crippen molar-refractivity contribution in [3.8, 4) is 0 Å². The average molecular weight is 280 g/mol. The summed E-state index contributed by atoms with van der Waals surface area (Å²) in [5.41, 5.74) is 7.27. The van der Waals surface area contributed by atoms with Gasteiger partial charge in [-0.1, -0.05) is 0 Å². The molecule has 0 saturated heterocycles. The zero-order valence-corrected chi connectivity index (χ0v) is 12.3. The normalized spacial score (nSPS) is 22.8. The topological polar surface area (TPSA) is 82.2 Å². The van der Waals surface area contributed by atoms with E-state index in [1.807, 2.05) is 6.92 Å². The smallest absolute Gasteiger partial charge is 0.269 e. The molecule has 6 nitrogen and oxygen atoms in total. The van der Waals surface area contributed by atoms with Crippen molar-refractivity contribution in [1.29, 1.82) is 0 Å². The van der Waals surface area contributed by atoms with Crippen LogP contribution in [0.2, 0.25) is 0 Å². The van der Waals surface area contributed by atoms with E-state index >= 15 is 0 Å². The minimum absolute atomic E-state index is 0.109. The fraction of sp³-hybridized carbons (Fsp3) is 0.714. The van der Waals surface area contributed by atoms with Gasteiger partial charge in [0, 0.05) is 19.6 Å². The Bertz CT molecular complexity index is 450. The lowest BCUT2D eigenvalue weighted by Crippen LogP contribution is -2.33. The van der Waals surface area contributed by atoms with Crippen LogP contribution in [0.15, 0.2) is 6.07 Å². The SMILES string of the molecule is Cc1cc(C(=O)NCCOC2CCC(N)CC2)n(C)n1. The van der Waals surface area contributed by atoms with Crippen LogP contribution in [0.1, 0.15) is 41.9 Å². The Morgan fingerprint density at radius 2 is 2.20 bits per heavy atom. The van der Waals surface area contributed by atoms with E-state index in [1.165, 1.54) is 0 Å². The molecule has 0 radical (unpaired) electrons. The number of hydrogen-bond acceptors (Lipinski definition) is 4. The van der Waals surface area contributed by atoms with Gasteiger partial charge in [0.15, 0.2) is 0 Å². The summed E-state index contributed by atoms with van der Waals surface area (Å²) in [6.07, 6.45) is 4.41. The molecule has 0 atom stereocenters. The molecule has 0 bridgehead atoms. The Morgan fingerprint density at radius 1 is 1.50 bits per heavy atom. The zero-order chi connectivity index (χ0) is 14.5. The van der Waals surface area contributed by atoms with Gasteiger partial charge in [-0.05, 0) is 38.7 Å². The first-order chi connectivity index (χ1) is 9.56. The maximum atomic E-state index is 11.9. The number of hydrogen-bond donors (Lipinski definition) is 2. The van der Waals surface area contributed by atoms with E-state index in [2.05, 4.69) is 10.4 Å². The fourth-order valence-electron chi connectivity index (χ4n) is 2.56. The molecule has 0 aromatic carbocycles. The molecule has 1 aromatic rings. The van der Waals surface area contributed by atoms with Crippen molar-refractivity contribution >= 4 is 5.91 Å². The highest BCUT2D eigenvalue weighted by Crippen LogP contribution is 2.19. The number of aryl methyl sites for hydroxylation is 2. The van der Waals surface area contributed by atoms with Crippen LogP contribution in [0.25, 0.3) is 0 Å². The van der Waals surface area contributed by atoms with Crippen LogP contribution < -0.4 is 11.1 Å². The molecule has 0 spiro atoms. The van der Waals surface area contributed by atoms with Gasteiger partial charge in [-0.2, -0.15) is 5.10 Å². The molecule has 1 amide bonds. The number of carbonyl (C=O) groups is 1. The van der Waals surface area contributed by atoms with Crippen LogP contribution >= 0.6 is 0 Å². The van der Waals surface area contributed by atoms with E-state index in [4.69, 9.17) is 10.5 Å². The Hall–Kier alpha value is -1.40. The highest BCUT2D eigenvalue weighted by molar-refractivity contribution is 5.92. The first kappa shape index (κ1) is 15.0. The highest BCUT2D eigenvalue weighted by atomic mass is 16.5. The number of ether oxygens (including phenoxy) is 1. The summed E-state index contributed by atoms with van der Waals surface area (Å²) in [6.45, 7) is 2.93. The van der Waals surface area contributed by atoms with Crippen LogP contribution in [-0.4, -0.2) is 41.0 Å². The number of nitrogens with one attached hydrogen (secondary N) is 1. The fourth-order valence-corrected chi connectivity index (χ4v) is 2.56. The molecule has 0 aliphatic heterocycles. The van der Waals surface area contributed by atoms with E-state index in [0.29, 0.717) is 31.0 Å². The summed E-state index contributed by atoms with van der Waals surface area (Å²) < 4.78 is 7.35. The lowest BCUT2D eigenvalue weighted by atomic mass is 9.94. The number of carbonyl (C=O) groups excluding carboxylic acids is 1. The minimum Gasteiger partial charge on any atom is -0.376 e. The summed E-state index contributed by atoms with van der Waals surface area (Å²) in [5.74, 6) is -0.109. The second-order valence-corrected chi connectivity index (χ2v) is 5.46. The van der Waals surface area contributed by atoms with Gasteiger partial charge in [-0.15, -0.1) is 0 Å². The molecule has 20 heavy (non-hydrogen) atoms. The molecular weight excluding hydrogens is 256 g/mol. The van der Waals surface area contributed by atoms with Gasteiger partial charge in [0.2, 0.25) is 0 Å². The lowest BCUT2D eigenvalue weighted by Gasteiger charge is -2.26. The standard InChI is InChI=1S/C14H24N4O2/c1-10-9-13(18(2)17-10)14(19)16-7-8-20-12-5-3-11(15)4-6-12/h9,11-12H,3-8,15H2,1-2H3,(H,16,19). The highest BCUT2D eigenvalue weighted by Gasteiger charge is 2.18. The van der Waals surface area contributed by atoms with E-state index in [1.54, 1.807) is 17.8 Å². The summed E-state index contributed by atoms with van der Waals surface area (Å²) >= 11 is 0. The first-order valence-electron chi connectivity index (χ1n) is 7.22. The van der Waals surface area contributed by atoms with Crippen molar-refractivity contribution < 1.29 is 9.53 Å². The third kappa shape index (κ3) is 4.05. The molecule has 6 heteroatoms. The second kappa shape index (κ2) is 6.85. The number of nitrogens with two attached hydrogens (primary N) is 1. The van der Waals surface area contributed by atoms with Crippen LogP contribution in [0.4, 0.5) is 0 Å². The van der Waals surface area contributed by atoms with Crippen LogP contribution in [-0.2, 0) is 11.8 Å². The Labute approximate surface area is 119 Å². The largest absolute Gasteiger partial charge is 0.376 e. The van der Waals surface area contributed by atoms with Crippen molar-refractivity contribution in [1.82, 2.24) is 15.1 Å². The minimum atomic E-state index is -0.109. The molecule has 1 aliphatic carbocycles. The molecular formula is C14H24N4O2. The van der Waals surface area contributed by atoms with Crippen LogP contribution in [0.5, 0.6) is 0 Å². The van der Waals surface area contributed by atoms with Gasteiger partial charge in [-0.3, -0.25) is 9.48 Å². The van der Waals surface area contributed by atoms with Crippen molar-refractivity contribution in [3.63, 3.8) is 0 Å². The van der Waals surface area contributed by atoms with E-state index in [-0.39, 0.29) is 5.91 Å². The van der Waals surface area contributed by atoms with Gasteiger partial charge in [0.05, 0.1) is 18.4 Å². The maximum Gasteiger partial charge on any atom is 0.269 e. The second-order valence-electron chi connectivity index (χ2n) is 5.46. The third-order valence-electron chi connectivity index (χ3n) is 3.69. The molecule has 1 saturated carbocycles. The van der Waals surface area contributed by atoms with Gasteiger partial charge in [0.1, 0.15) is 5.69 Å². The monoisotopic (exact) mass is 280 g/mol. The predicted molar refractivity (Wildman–Crippen MR) is 76.5 cm³/mol. The van der Waals surface area contributed by atoms with Crippen molar-refractivity contribution in [2.75, 3.05) is 13.2 Å². The molecule has 1 fully saturated rings. The van der Waals surface area contributed by atoms with Crippen molar-refractivity contribution in [2.24, 2.45) is 12.8 Å². The number of aromatic nitrogens is 2. The number of amides is 1. The van der Waals surface area contributed by atoms with E-state index in [9.17, 15) is 4.79 Å². The summed E-state index contributed by atoms with van der Waals surface area (Å²) in [6, 6.07) is 2.11. The van der Waals surface area contributed by atoms with Crippen LogP contribution in [0, 0.1) is 6.92 Å². The van der Waals surface area contributed by atoms with Crippen LogP contribution in [0.3, 0.4) is 0 Å². The van der Waals surface area contributed by atoms with Gasteiger partial charge in [0.25, 0.3) is 5.91 Å². The Kier molecular flexibility index (Phi) is 5.14. The summed E-state index contributed by atoms with van der Waals surface area (Å²) in [4.78, 5) is 11.9. The van der Waals surface area contributed by atoms with Gasteiger partial charge in [-0.25, -0.2) is 0 Å². The predicted octanol–water partition coefficient (Wildman–Crippen LogP) is 0.745. The van der Waals surface area contributed by atoms with Crippen molar-refractivity contribution in [3.05, 3.63) is 17.5 Å². The first-order valence-corrected chi connectivity index (χ1v) is 7.22. The molecule has 112 valence electrons. The maximum absolute atomic E-state index is 11.9. The van der Waals surface area contributed by atoms with Crippen molar-refractivity contribution in [2.45, 2.75) is 44.8 Å². The van der Waals surface area contributed by atoms with Gasteiger partial charge >= 0.3 is 0 Å². The Morgan fingerprint density at radius 3 is 2.80 bits per heavy atom. The number of nitrogens with zero attached hydrogens (tertiary/aromatic N) is 2. The Balaban J connectivity index is 1.66. The number of rotatable bonds is 5. The van der Waals surface area contributed by atoms with E-state index in [0.717, 1.165) is 31.4 Å². The summed E-state index contributed by atoms with van der Waals surface area (Å²) in [5, 5.41) is 7.01. The lowest BCUT2D eigenvalue weighted by molar-refractivity contribution is 0.0267. The zero-order valence-electron chi connectivity index (χ0n) is 12.3. The quantitative estimate of drug-likeness (QED) is 0.780. The molecule has 3 N–H and O–H groups in total. The molecule has 2 rings (SSSR count). The molecule has 1 aliphatic rings. The molecule has 1 heterocycles.